The van der Waals surface area contributed by atoms with E-state index in [2.05, 4.69) is 20.6 Å². The van der Waals surface area contributed by atoms with Gasteiger partial charge < -0.3 is 11.1 Å². The Hall–Kier alpha value is -2.48. The van der Waals surface area contributed by atoms with Gasteiger partial charge in [0.25, 0.3) is 5.91 Å². The molecule has 0 atom stereocenters. The highest BCUT2D eigenvalue weighted by Gasteiger charge is 2.16. The third-order valence-electron chi connectivity index (χ3n) is 3.04. The van der Waals surface area contributed by atoms with E-state index in [1.54, 1.807) is 18.5 Å². The molecule has 0 aromatic carbocycles. The van der Waals surface area contributed by atoms with Crippen molar-refractivity contribution in [2.75, 3.05) is 12.3 Å². The Morgan fingerprint density at radius 3 is 3.10 bits per heavy atom. The minimum Gasteiger partial charge on any atom is -0.397 e. The Balaban J connectivity index is 1.60. The second kappa shape index (κ2) is 5.88. The maximum Gasteiger partial charge on any atom is 0.263 e. The first-order chi connectivity index (χ1) is 10.3. The zero-order valence-corrected chi connectivity index (χ0v) is 12.0. The van der Waals surface area contributed by atoms with Crippen LogP contribution in [0.5, 0.6) is 0 Å². The Morgan fingerprint density at radius 2 is 2.33 bits per heavy atom. The molecule has 1 amide bonds. The van der Waals surface area contributed by atoms with Gasteiger partial charge in [0.2, 0.25) is 0 Å². The molecule has 0 fully saturated rings. The molecule has 0 aliphatic carbocycles. The summed E-state index contributed by atoms with van der Waals surface area (Å²) in [5.41, 5.74) is 6.46. The molecule has 3 N–H and O–H groups in total. The fourth-order valence-electron chi connectivity index (χ4n) is 2.00. The molecule has 0 bridgehead atoms. The number of nitrogens with zero attached hydrogens (tertiary/aromatic N) is 4. The van der Waals surface area contributed by atoms with Crippen LogP contribution >= 0.6 is 11.3 Å². The third-order valence-corrected chi connectivity index (χ3v) is 4.14. The van der Waals surface area contributed by atoms with Crippen LogP contribution in [-0.4, -0.2) is 32.4 Å². The monoisotopic (exact) mass is 302 g/mol. The lowest BCUT2D eigenvalue weighted by atomic mass is 10.3. The fourth-order valence-corrected chi connectivity index (χ4v) is 2.95. The van der Waals surface area contributed by atoms with Crippen molar-refractivity contribution in [1.82, 2.24) is 25.3 Å². The summed E-state index contributed by atoms with van der Waals surface area (Å²) in [4.78, 5) is 13.3. The van der Waals surface area contributed by atoms with Crippen LogP contribution in [0.25, 0.3) is 10.2 Å². The number of aryl methyl sites for hydroxylation is 1. The summed E-state index contributed by atoms with van der Waals surface area (Å²) in [7, 11) is 0. The quantitative estimate of drug-likeness (QED) is 0.692. The van der Waals surface area contributed by atoms with E-state index in [0.29, 0.717) is 21.9 Å². The molecule has 3 rings (SSSR count). The summed E-state index contributed by atoms with van der Waals surface area (Å²) >= 11 is 1.26. The zero-order chi connectivity index (χ0) is 14.7. The molecule has 0 aliphatic heterocycles. The van der Waals surface area contributed by atoms with Crippen molar-refractivity contribution in [1.29, 1.82) is 0 Å². The number of fused-ring (bicyclic) bond motifs is 1. The number of nitrogens with two attached hydrogens (primary N) is 1. The second-order valence-electron chi connectivity index (χ2n) is 4.47. The van der Waals surface area contributed by atoms with E-state index in [4.69, 9.17) is 5.73 Å². The van der Waals surface area contributed by atoms with Crippen molar-refractivity contribution in [3.63, 3.8) is 0 Å². The first-order valence-corrected chi connectivity index (χ1v) is 7.32. The summed E-state index contributed by atoms with van der Waals surface area (Å²) in [5, 5.41) is 15.5. The predicted octanol–water partition coefficient (Wildman–Crippen LogP) is 1.29. The number of anilines is 1. The lowest BCUT2D eigenvalue weighted by Gasteiger charge is -2.04. The summed E-state index contributed by atoms with van der Waals surface area (Å²) in [6.07, 6.45) is 6.00. The number of carbonyl (C=O) groups is 1. The molecule has 0 unspecified atom stereocenters. The van der Waals surface area contributed by atoms with Gasteiger partial charge in [-0.05, 0) is 18.6 Å². The van der Waals surface area contributed by atoms with Gasteiger partial charge in [-0.3, -0.25) is 9.48 Å². The van der Waals surface area contributed by atoms with Crippen molar-refractivity contribution in [2.45, 2.75) is 13.0 Å². The van der Waals surface area contributed by atoms with Crippen molar-refractivity contribution in [3.05, 3.63) is 35.6 Å². The van der Waals surface area contributed by atoms with Crippen molar-refractivity contribution in [2.24, 2.45) is 0 Å². The van der Waals surface area contributed by atoms with Crippen LogP contribution in [0.2, 0.25) is 0 Å². The summed E-state index contributed by atoms with van der Waals surface area (Å²) in [6.45, 7) is 1.33. The van der Waals surface area contributed by atoms with Crippen LogP contribution in [0, 0.1) is 0 Å². The van der Waals surface area contributed by atoms with Gasteiger partial charge in [-0.1, -0.05) is 0 Å². The minimum absolute atomic E-state index is 0.170. The first-order valence-electron chi connectivity index (χ1n) is 6.51. The van der Waals surface area contributed by atoms with Gasteiger partial charge in [-0.15, -0.1) is 16.4 Å². The Morgan fingerprint density at radius 1 is 1.43 bits per heavy atom. The molecule has 21 heavy (non-hydrogen) atoms. The number of nitrogen functional groups attached to an aromatic ring is 1. The SMILES string of the molecule is Nc1c(C(=O)NCCCn2cccn2)sc2nnccc12. The number of hydrogen-bond acceptors (Lipinski definition) is 6. The smallest absolute Gasteiger partial charge is 0.263 e. The zero-order valence-electron chi connectivity index (χ0n) is 11.2. The van der Waals surface area contributed by atoms with Crippen molar-refractivity contribution in [3.8, 4) is 0 Å². The van der Waals surface area contributed by atoms with Gasteiger partial charge in [0, 0.05) is 30.9 Å². The van der Waals surface area contributed by atoms with E-state index in [9.17, 15) is 4.79 Å². The average Bonchev–Trinajstić information content (AvgIpc) is 3.12. The van der Waals surface area contributed by atoms with E-state index in [1.165, 1.54) is 11.3 Å². The number of nitrogens with one attached hydrogen (secondary N) is 1. The number of hydrogen-bond donors (Lipinski definition) is 2. The summed E-state index contributed by atoms with van der Waals surface area (Å²) < 4.78 is 1.83. The Bertz CT molecular complexity index is 751. The lowest BCUT2D eigenvalue weighted by molar-refractivity contribution is 0.0957. The number of carbonyl (C=O) groups excluding carboxylic acids is 1. The maximum atomic E-state index is 12.1. The van der Waals surface area contributed by atoms with E-state index >= 15 is 0 Å². The van der Waals surface area contributed by atoms with E-state index in [0.717, 1.165) is 18.4 Å². The fraction of sp³-hybridized carbons (Fsp3) is 0.231. The van der Waals surface area contributed by atoms with Gasteiger partial charge in [-0.25, -0.2) is 0 Å². The molecule has 0 saturated carbocycles. The molecule has 0 aliphatic rings. The van der Waals surface area contributed by atoms with Crippen LogP contribution in [0.3, 0.4) is 0 Å². The lowest BCUT2D eigenvalue weighted by Crippen LogP contribution is -2.25. The van der Waals surface area contributed by atoms with E-state index in [-0.39, 0.29) is 5.91 Å². The predicted molar refractivity (Wildman–Crippen MR) is 81.0 cm³/mol. The van der Waals surface area contributed by atoms with Gasteiger partial charge in [0.1, 0.15) is 9.71 Å². The number of rotatable bonds is 5. The van der Waals surface area contributed by atoms with Crippen LogP contribution < -0.4 is 11.1 Å². The Labute approximate surface area is 124 Å². The van der Waals surface area contributed by atoms with Crippen molar-refractivity contribution >= 4 is 33.1 Å². The van der Waals surface area contributed by atoms with Crippen LogP contribution in [0.1, 0.15) is 16.1 Å². The van der Waals surface area contributed by atoms with Crippen LogP contribution in [0.15, 0.2) is 30.7 Å². The van der Waals surface area contributed by atoms with Crippen molar-refractivity contribution < 1.29 is 4.79 Å². The normalized spacial score (nSPS) is 10.9. The van der Waals surface area contributed by atoms with Crippen LogP contribution in [-0.2, 0) is 6.54 Å². The highest BCUT2D eigenvalue weighted by atomic mass is 32.1. The topological polar surface area (TPSA) is 98.7 Å². The highest BCUT2D eigenvalue weighted by Crippen LogP contribution is 2.31. The van der Waals surface area contributed by atoms with Crippen LogP contribution in [0.4, 0.5) is 5.69 Å². The average molecular weight is 302 g/mol. The van der Waals surface area contributed by atoms with Gasteiger partial charge in [0.15, 0.2) is 0 Å². The third kappa shape index (κ3) is 2.84. The standard InChI is InChI=1S/C13H14N6OS/c14-10-9-3-6-16-18-13(9)21-11(10)12(20)15-4-1-7-19-8-2-5-17-19/h2-3,5-6,8H,1,4,7,14H2,(H,15,20). The summed E-state index contributed by atoms with van der Waals surface area (Å²) in [5.74, 6) is -0.170. The largest absolute Gasteiger partial charge is 0.397 e. The number of aromatic nitrogens is 4. The molecule has 8 heteroatoms. The Kier molecular flexibility index (Phi) is 3.78. The van der Waals surface area contributed by atoms with Gasteiger partial charge in [0.05, 0.1) is 11.9 Å². The first kappa shape index (κ1) is 13.5. The molecule has 108 valence electrons. The van der Waals surface area contributed by atoms with E-state index in [1.807, 2.05) is 16.9 Å². The number of thiophene rings is 1. The molecule has 3 aromatic rings. The minimum atomic E-state index is -0.170. The van der Waals surface area contributed by atoms with Gasteiger partial charge >= 0.3 is 0 Å². The van der Waals surface area contributed by atoms with E-state index < -0.39 is 0 Å². The molecule has 0 saturated heterocycles. The molecule has 3 heterocycles. The molecule has 0 spiro atoms. The molecular weight excluding hydrogens is 288 g/mol. The molecular formula is C13H14N6OS. The van der Waals surface area contributed by atoms with Gasteiger partial charge in [-0.2, -0.15) is 10.2 Å². The summed E-state index contributed by atoms with van der Waals surface area (Å²) in [6, 6.07) is 3.64. The molecule has 7 nitrogen and oxygen atoms in total. The molecule has 3 aromatic heterocycles. The highest BCUT2D eigenvalue weighted by molar-refractivity contribution is 7.21. The number of amides is 1. The second-order valence-corrected chi connectivity index (χ2v) is 5.47. The maximum absolute atomic E-state index is 12.1. The molecule has 0 radical (unpaired) electrons.